The fraction of sp³-hybridized carbons (Fsp3) is 0.333. The van der Waals surface area contributed by atoms with Crippen LogP contribution in [0.1, 0.15) is 20.3 Å². The van der Waals surface area contributed by atoms with Crippen molar-refractivity contribution in [3.8, 4) is 16.9 Å². The summed E-state index contributed by atoms with van der Waals surface area (Å²) in [5.41, 5.74) is 1.29. The van der Waals surface area contributed by atoms with Gasteiger partial charge in [0.15, 0.2) is 0 Å². The molecule has 0 aliphatic heterocycles. The third-order valence-corrected chi connectivity index (χ3v) is 4.99. The SMILES string of the molecule is CCCS(=O)(=O)NCC(C)Oc1ccc(-c2ccccc2F)cc1. The second-order valence-corrected chi connectivity index (χ2v) is 7.53. The zero-order chi connectivity index (χ0) is 17.6. The molecule has 0 radical (unpaired) electrons. The molecule has 1 atom stereocenters. The quantitative estimate of drug-likeness (QED) is 0.791. The lowest BCUT2D eigenvalue weighted by molar-refractivity contribution is 0.225. The summed E-state index contributed by atoms with van der Waals surface area (Å²) in [6, 6.07) is 13.6. The minimum atomic E-state index is -3.24. The van der Waals surface area contributed by atoms with Crippen molar-refractivity contribution >= 4 is 10.0 Å². The minimum absolute atomic E-state index is 0.108. The fourth-order valence-electron chi connectivity index (χ4n) is 2.27. The molecule has 24 heavy (non-hydrogen) atoms. The van der Waals surface area contributed by atoms with Gasteiger partial charge in [-0.1, -0.05) is 37.3 Å². The molecule has 0 aromatic heterocycles. The molecule has 0 aliphatic rings. The molecule has 0 amide bonds. The second-order valence-electron chi connectivity index (χ2n) is 5.60. The van der Waals surface area contributed by atoms with Crippen LogP contribution in [0.4, 0.5) is 4.39 Å². The highest BCUT2D eigenvalue weighted by molar-refractivity contribution is 7.89. The zero-order valence-electron chi connectivity index (χ0n) is 13.8. The highest BCUT2D eigenvalue weighted by atomic mass is 32.2. The molecule has 0 heterocycles. The molecule has 1 unspecified atom stereocenters. The van der Waals surface area contributed by atoms with Gasteiger partial charge >= 0.3 is 0 Å². The Morgan fingerprint density at radius 2 is 1.79 bits per heavy atom. The molecule has 0 spiro atoms. The summed E-state index contributed by atoms with van der Waals surface area (Å²) in [4.78, 5) is 0. The van der Waals surface area contributed by atoms with Gasteiger partial charge in [-0.15, -0.1) is 0 Å². The van der Waals surface area contributed by atoms with Crippen molar-refractivity contribution in [3.63, 3.8) is 0 Å². The second kappa shape index (κ2) is 8.26. The average Bonchev–Trinajstić information content (AvgIpc) is 2.54. The van der Waals surface area contributed by atoms with Crippen molar-refractivity contribution in [2.45, 2.75) is 26.4 Å². The average molecular weight is 351 g/mol. The largest absolute Gasteiger partial charge is 0.489 e. The van der Waals surface area contributed by atoms with Crippen molar-refractivity contribution in [1.29, 1.82) is 0 Å². The van der Waals surface area contributed by atoms with Gasteiger partial charge < -0.3 is 4.74 Å². The predicted octanol–water partition coefficient (Wildman–Crippen LogP) is 3.59. The van der Waals surface area contributed by atoms with Gasteiger partial charge in [0.25, 0.3) is 0 Å². The van der Waals surface area contributed by atoms with E-state index in [4.69, 9.17) is 4.74 Å². The van der Waals surface area contributed by atoms with E-state index < -0.39 is 10.0 Å². The van der Waals surface area contributed by atoms with Gasteiger partial charge in [-0.05, 0) is 37.1 Å². The number of hydrogen-bond donors (Lipinski definition) is 1. The van der Waals surface area contributed by atoms with Crippen LogP contribution >= 0.6 is 0 Å². The van der Waals surface area contributed by atoms with Crippen molar-refractivity contribution in [3.05, 3.63) is 54.3 Å². The Balaban J connectivity index is 1.95. The van der Waals surface area contributed by atoms with E-state index in [9.17, 15) is 12.8 Å². The van der Waals surface area contributed by atoms with Crippen molar-refractivity contribution in [2.24, 2.45) is 0 Å². The van der Waals surface area contributed by atoms with E-state index in [1.165, 1.54) is 6.07 Å². The molecule has 0 saturated carbocycles. The van der Waals surface area contributed by atoms with Crippen LogP contribution in [0.15, 0.2) is 48.5 Å². The van der Waals surface area contributed by atoms with E-state index >= 15 is 0 Å². The summed E-state index contributed by atoms with van der Waals surface area (Å²) >= 11 is 0. The van der Waals surface area contributed by atoms with Gasteiger partial charge in [-0.3, -0.25) is 0 Å². The van der Waals surface area contributed by atoms with Crippen LogP contribution in [-0.2, 0) is 10.0 Å². The molecule has 130 valence electrons. The van der Waals surface area contributed by atoms with E-state index in [0.717, 1.165) is 5.56 Å². The first kappa shape index (κ1) is 18.4. The van der Waals surface area contributed by atoms with Crippen LogP contribution in [0.25, 0.3) is 11.1 Å². The fourth-order valence-corrected chi connectivity index (χ4v) is 3.44. The van der Waals surface area contributed by atoms with E-state index in [-0.39, 0.29) is 24.2 Å². The van der Waals surface area contributed by atoms with Gasteiger partial charge in [-0.25, -0.2) is 17.5 Å². The number of hydrogen-bond acceptors (Lipinski definition) is 3. The summed E-state index contributed by atoms with van der Waals surface area (Å²) in [5, 5.41) is 0. The Morgan fingerprint density at radius 3 is 2.42 bits per heavy atom. The number of rotatable bonds is 8. The lowest BCUT2D eigenvalue weighted by Gasteiger charge is -2.16. The van der Waals surface area contributed by atoms with E-state index in [1.807, 2.05) is 6.92 Å². The van der Waals surface area contributed by atoms with Crippen molar-refractivity contribution in [1.82, 2.24) is 4.72 Å². The summed E-state index contributed by atoms with van der Waals surface area (Å²) in [5.74, 6) is 0.444. The predicted molar refractivity (Wildman–Crippen MR) is 94.0 cm³/mol. The number of sulfonamides is 1. The summed E-state index contributed by atoms with van der Waals surface area (Å²) < 4.78 is 45.2. The standard InChI is InChI=1S/C18H22FNO3S/c1-3-12-24(21,22)20-13-14(2)23-16-10-8-15(9-11-16)17-6-4-5-7-18(17)19/h4-11,14,20H,3,12-13H2,1-2H3. The molecule has 2 aromatic rings. The van der Waals surface area contributed by atoms with E-state index in [1.54, 1.807) is 49.4 Å². The number of nitrogens with one attached hydrogen (secondary N) is 1. The molecule has 0 fully saturated rings. The Labute approximate surface area is 142 Å². The molecule has 0 bridgehead atoms. The van der Waals surface area contributed by atoms with Gasteiger partial charge in [-0.2, -0.15) is 0 Å². The Hall–Kier alpha value is -1.92. The molecular formula is C18H22FNO3S. The van der Waals surface area contributed by atoms with Crippen LogP contribution < -0.4 is 9.46 Å². The third-order valence-electron chi connectivity index (χ3n) is 3.44. The molecule has 0 aliphatic carbocycles. The first-order valence-electron chi connectivity index (χ1n) is 7.90. The maximum absolute atomic E-state index is 13.8. The van der Waals surface area contributed by atoms with Crippen LogP contribution in [0.2, 0.25) is 0 Å². The lowest BCUT2D eigenvalue weighted by atomic mass is 10.1. The lowest BCUT2D eigenvalue weighted by Crippen LogP contribution is -2.34. The Morgan fingerprint density at radius 1 is 1.12 bits per heavy atom. The summed E-state index contributed by atoms with van der Waals surface area (Å²) in [6.45, 7) is 3.81. The van der Waals surface area contributed by atoms with Gasteiger partial charge in [0.1, 0.15) is 17.7 Å². The number of halogens is 1. The van der Waals surface area contributed by atoms with Crippen LogP contribution in [-0.4, -0.2) is 26.8 Å². The van der Waals surface area contributed by atoms with Gasteiger partial charge in [0.2, 0.25) is 10.0 Å². The molecule has 0 saturated heterocycles. The number of benzene rings is 2. The smallest absolute Gasteiger partial charge is 0.211 e. The monoisotopic (exact) mass is 351 g/mol. The van der Waals surface area contributed by atoms with Crippen LogP contribution in [0.3, 0.4) is 0 Å². The Bertz CT molecular complexity index is 760. The zero-order valence-corrected chi connectivity index (χ0v) is 14.6. The van der Waals surface area contributed by atoms with E-state index in [0.29, 0.717) is 17.7 Å². The van der Waals surface area contributed by atoms with Gasteiger partial charge in [0, 0.05) is 12.1 Å². The van der Waals surface area contributed by atoms with Crippen LogP contribution in [0, 0.1) is 5.82 Å². The first-order valence-corrected chi connectivity index (χ1v) is 9.55. The molecule has 6 heteroatoms. The minimum Gasteiger partial charge on any atom is -0.489 e. The molecule has 2 rings (SSSR count). The summed E-state index contributed by atoms with van der Waals surface area (Å²) in [7, 11) is -3.24. The maximum Gasteiger partial charge on any atom is 0.211 e. The number of ether oxygens (including phenoxy) is 1. The van der Waals surface area contributed by atoms with Crippen molar-refractivity contribution in [2.75, 3.05) is 12.3 Å². The van der Waals surface area contributed by atoms with Crippen LogP contribution in [0.5, 0.6) is 5.75 Å². The maximum atomic E-state index is 13.8. The Kier molecular flexibility index (Phi) is 6.34. The highest BCUT2D eigenvalue weighted by Crippen LogP contribution is 2.25. The van der Waals surface area contributed by atoms with E-state index in [2.05, 4.69) is 4.72 Å². The van der Waals surface area contributed by atoms with Gasteiger partial charge in [0.05, 0.1) is 5.75 Å². The topological polar surface area (TPSA) is 55.4 Å². The molecule has 1 N–H and O–H groups in total. The molecule has 2 aromatic carbocycles. The normalized spacial score (nSPS) is 12.8. The molecule has 4 nitrogen and oxygen atoms in total. The van der Waals surface area contributed by atoms with Crippen molar-refractivity contribution < 1.29 is 17.5 Å². The third kappa shape index (κ3) is 5.32. The highest BCUT2D eigenvalue weighted by Gasteiger charge is 2.12. The summed E-state index contributed by atoms with van der Waals surface area (Å²) in [6.07, 6.45) is 0.262. The first-order chi connectivity index (χ1) is 11.4. The molecular weight excluding hydrogens is 329 g/mol.